The molecule has 2 atom stereocenters. The third-order valence-corrected chi connectivity index (χ3v) is 6.08. The smallest absolute Gasteiger partial charge is 0.252 e. The number of hydrogen-bond acceptors (Lipinski definition) is 3. The molecule has 4 rings (SSSR count). The molecule has 1 saturated heterocycles. The molecule has 30 heavy (non-hydrogen) atoms. The number of amides is 1. The van der Waals surface area contributed by atoms with Crippen LogP contribution in [0.2, 0.25) is 0 Å². The average molecular weight is 402 g/mol. The summed E-state index contributed by atoms with van der Waals surface area (Å²) in [6, 6.07) is 21.0. The molecule has 0 unspecified atom stereocenters. The number of piperidine rings is 1. The van der Waals surface area contributed by atoms with Crippen LogP contribution in [0.3, 0.4) is 0 Å². The Labute approximate surface area is 179 Å². The van der Waals surface area contributed by atoms with Crippen LogP contribution in [0.4, 0.5) is 5.69 Å². The first-order chi connectivity index (χ1) is 14.6. The molecule has 1 fully saturated rings. The first-order valence-corrected chi connectivity index (χ1v) is 11.0. The molecule has 0 spiro atoms. The maximum absolute atomic E-state index is 13.1. The maximum atomic E-state index is 13.1. The molecule has 0 aromatic heterocycles. The SMILES string of the molecule is Cc1ccc(NC[C@H]2CCCCN2)cc1C(=O)N[C@H](C)c1cccc2ccccc12. The van der Waals surface area contributed by atoms with Crippen LogP contribution < -0.4 is 16.0 Å². The second-order valence-electron chi connectivity index (χ2n) is 8.32. The van der Waals surface area contributed by atoms with Crippen LogP contribution in [0, 0.1) is 6.92 Å². The topological polar surface area (TPSA) is 53.2 Å². The summed E-state index contributed by atoms with van der Waals surface area (Å²) >= 11 is 0. The van der Waals surface area contributed by atoms with Crippen LogP contribution in [-0.4, -0.2) is 25.0 Å². The molecule has 0 aliphatic carbocycles. The van der Waals surface area contributed by atoms with Gasteiger partial charge in [0.1, 0.15) is 0 Å². The van der Waals surface area contributed by atoms with Crippen molar-refractivity contribution in [3.05, 3.63) is 77.4 Å². The van der Waals surface area contributed by atoms with E-state index in [1.165, 1.54) is 30.0 Å². The van der Waals surface area contributed by atoms with Crippen LogP contribution in [0.1, 0.15) is 53.7 Å². The van der Waals surface area contributed by atoms with Gasteiger partial charge in [-0.25, -0.2) is 0 Å². The van der Waals surface area contributed by atoms with Gasteiger partial charge in [-0.2, -0.15) is 0 Å². The van der Waals surface area contributed by atoms with Crippen LogP contribution in [-0.2, 0) is 0 Å². The fraction of sp³-hybridized carbons (Fsp3) is 0.346. The van der Waals surface area contributed by atoms with E-state index in [2.05, 4.69) is 52.3 Å². The van der Waals surface area contributed by atoms with Gasteiger partial charge in [-0.15, -0.1) is 0 Å². The highest BCUT2D eigenvalue weighted by atomic mass is 16.1. The van der Waals surface area contributed by atoms with Crippen molar-refractivity contribution >= 4 is 22.4 Å². The van der Waals surface area contributed by atoms with Gasteiger partial charge < -0.3 is 16.0 Å². The lowest BCUT2D eigenvalue weighted by molar-refractivity contribution is 0.0939. The zero-order valence-corrected chi connectivity index (χ0v) is 17.9. The monoisotopic (exact) mass is 401 g/mol. The molecular formula is C26H31N3O. The lowest BCUT2D eigenvalue weighted by Gasteiger charge is -2.24. The van der Waals surface area contributed by atoms with Gasteiger partial charge in [-0.1, -0.05) is 55.0 Å². The first-order valence-electron chi connectivity index (χ1n) is 11.0. The number of hydrogen-bond donors (Lipinski definition) is 3. The standard InChI is InChI=1S/C26H31N3O/c1-18-13-14-21(28-17-22-10-5-6-15-27-22)16-25(18)26(30)29-19(2)23-12-7-9-20-8-3-4-11-24(20)23/h3-4,7-9,11-14,16,19,22,27-28H,5-6,10,15,17H2,1-2H3,(H,29,30)/t19-,22-/m1/s1. The highest BCUT2D eigenvalue weighted by molar-refractivity contribution is 5.97. The summed E-state index contributed by atoms with van der Waals surface area (Å²) in [5.41, 5.74) is 3.84. The van der Waals surface area contributed by atoms with E-state index in [1.54, 1.807) is 0 Å². The highest BCUT2D eigenvalue weighted by Gasteiger charge is 2.16. The molecule has 0 saturated carbocycles. The lowest BCUT2D eigenvalue weighted by Crippen LogP contribution is -2.39. The minimum atomic E-state index is -0.0777. The Hall–Kier alpha value is -2.85. The maximum Gasteiger partial charge on any atom is 0.252 e. The van der Waals surface area contributed by atoms with Gasteiger partial charge in [0, 0.05) is 23.8 Å². The number of aryl methyl sites for hydroxylation is 1. The van der Waals surface area contributed by atoms with E-state index in [4.69, 9.17) is 0 Å². The number of anilines is 1. The molecule has 156 valence electrons. The normalized spacial score (nSPS) is 17.5. The fourth-order valence-electron chi connectivity index (χ4n) is 4.30. The second-order valence-corrected chi connectivity index (χ2v) is 8.32. The van der Waals surface area contributed by atoms with Crippen molar-refractivity contribution in [3.8, 4) is 0 Å². The van der Waals surface area contributed by atoms with Gasteiger partial charge in [0.15, 0.2) is 0 Å². The van der Waals surface area contributed by atoms with E-state index < -0.39 is 0 Å². The molecule has 1 amide bonds. The van der Waals surface area contributed by atoms with Gasteiger partial charge in [-0.05, 0) is 67.3 Å². The zero-order chi connectivity index (χ0) is 20.9. The Bertz CT molecular complexity index is 1020. The molecule has 1 aliphatic heterocycles. The van der Waals surface area contributed by atoms with Crippen molar-refractivity contribution < 1.29 is 4.79 Å². The second kappa shape index (κ2) is 9.31. The molecule has 0 radical (unpaired) electrons. The minimum absolute atomic E-state index is 0.0348. The molecular weight excluding hydrogens is 370 g/mol. The van der Waals surface area contributed by atoms with Gasteiger partial charge in [-0.3, -0.25) is 4.79 Å². The summed E-state index contributed by atoms with van der Waals surface area (Å²) in [7, 11) is 0. The molecule has 3 aromatic carbocycles. The molecule has 1 aliphatic rings. The molecule has 4 nitrogen and oxygen atoms in total. The molecule has 3 N–H and O–H groups in total. The van der Waals surface area contributed by atoms with Gasteiger partial charge in [0.25, 0.3) is 5.91 Å². The first kappa shape index (κ1) is 20.4. The number of carbonyl (C=O) groups excluding carboxylic acids is 1. The highest BCUT2D eigenvalue weighted by Crippen LogP contribution is 2.25. The average Bonchev–Trinajstić information content (AvgIpc) is 2.78. The van der Waals surface area contributed by atoms with E-state index in [-0.39, 0.29) is 11.9 Å². The fourth-order valence-corrected chi connectivity index (χ4v) is 4.30. The Morgan fingerprint density at radius 1 is 1.10 bits per heavy atom. The predicted octanol–water partition coefficient (Wildman–Crippen LogP) is 5.19. The van der Waals surface area contributed by atoms with E-state index in [0.717, 1.165) is 35.5 Å². The van der Waals surface area contributed by atoms with Crippen LogP contribution >= 0.6 is 0 Å². The van der Waals surface area contributed by atoms with Crippen molar-refractivity contribution in [1.29, 1.82) is 0 Å². The molecule has 1 heterocycles. The van der Waals surface area contributed by atoms with Crippen LogP contribution in [0.25, 0.3) is 10.8 Å². The number of rotatable bonds is 6. The summed E-state index contributed by atoms with van der Waals surface area (Å²) in [5.74, 6) is -0.0348. The van der Waals surface area contributed by atoms with Gasteiger partial charge in [0.05, 0.1) is 6.04 Å². The largest absolute Gasteiger partial charge is 0.383 e. The number of carbonyl (C=O) groups is 1. The summed E-state index contributed by atoms with van der Waals surface area (Å²) in [6.45, 7) is 6.02. The molecule has 0 bridgehead atoms. The predicted molar refractivity (Wildman–Crippen MR) is 125 cm³/mol. The molecule has 3 aromatic rings. The third kappa shape index (κ3) is 4.65. The summed E-state index contributed by atoms with van der Waals surface area (Å²) in [6.07, 6.45) is 3.75. The Morgan fingerprint density at radius 3 is 2.77 bits per heavy atom. The van der Waals surface area contributed by atoms with Gasteiger partial charge in [0.2, 0.25) is 0 Å². The Kier molecular flexibility index (Phi) is 6.34. The summed E-state index contributed by atoms with van der Waals surface area (Å²) < 4.78 is 0. The number of nitrogens with one attached hydrogen (secondary N) is 3. The van der Waals surface area contributed by atoms with Crippen molar-refractivity contribution in [2.24, 2.45) is 0 Å². The zero-order valence-electron chi connectivity index (χ0n) is 17.9. The number of benzene rings is 3. The van der Waals surface area contributed by atoms with E-state index >= 15 is 0 Å². The van der Waals surface area contributed by atoms with Crippen molar-refractivity contribution in [2.45, 2.75) is 45.2 Å². The summed E-state index contributed by atoms with van der Waals surface area (Å²) in [4.78, 5) is 13.1. The quantitative estimate of drug-likeness (QED) is 0.533. The van der Waals surface area contributed by atoms with Crippen molar-refractivity contribution in [3.63, 3.8) is 0 Å². The minimum Gasteiger partial charge on any atom is -0.383 e. The van der Waals surface area contributed by atoms with Gasteiger partial charge >= 0.3 is 0 Å². The summed E-state index contributed by atoms with van der Waals surface area (Å²) in [5, 5.41) is 12.6. The van der Waals surface area contributed by atoms with Crippen molar-refractivity contribution in [1.82, 2.24) is 10.6 Å². The Balaban J connectivity index is 1.47. The Morgan fingerprint density at radius 2 is 1.93 bits per heavy atom. The van der Waals surface area contributed by atoms with Crippen molar-refractivity contribution in [2.75, 3.05) is 18.4 Å². The molecule has 4 heteroatoms. The lowest BCUT2D eigenvalue weighted by atomic mass is 9.99. The van der Waals surface area contributed by atoms with E-state index in [1.807, 2.05) is 38.1 Å². The third-order valence-electron chi connectivity index (χ3n) is 6.08. The van der Waals surface area contributed by atoms with Crippen LogP contribution in [0.5, 0.6) is 0 Å². The van der Waals surface area contributed by atoms with E-state index in [9.17, 15) is 4.79 Å². The number of fused-ring (bicyclic) bond motifs is 1. The van der Waals surface area contributed by atoms with Crippen LogP contribution in [0.15, 0.2) is 60.7 Å². The van der Waals surface area contributed by atoms with E-state index in [0.29, 0.717) is 6.04 Å².